The van der Waals surface area contributed by atoms with Gasteiger partial charge >= 0.3 is 0 Å². The maximum absolute atomic E-state index is 3.39. The first-order chi connectivity index (χ1) is 51.5. The molecule has 0 aromatic carbocycles. The molecule has 0 saturated heterocycles. The van der Waals surface area contributed by atoms with Crippen LogP contribution < -0.4 is 0 Å². The maximum atomic E-state index is 3.39. The Labute approximate surface area is 641 Å². The van der Waals surface area contributed by atoms with Gasteiger partial charge in [-0.05, 0) is 390 Å². The topological polar surface area (TPSA) is 13.0 Å². The zero-order valence-electron chi connectivity index (χ0n) is 67.5. The normalized spacial score (nSPS) is 41.8. The highest BCUT2D eigenvalue weighted by Gasteiger charge is 2.46. The molecule has 9 atom stereocenters. The van der Waals surface area contributed by atoms with Crippen LogP contribution in [0.3, 0.4) is 0 Å². The molecule has 4 nitrogen and oxygen atoms in total. The fourth-order valence-corrected chi connectivity index (χ4v) is 30.5. The highest BCUT2D eigenvalue weighted by atomic mass is 15.2. The molecule has 17 aliphatic rings. The Kier molecular flexibility index (Phi) is 26.6. The van der Waals surface area contributed by atoms with E-state index >= 15 is 0 Å². The molecule has 17 aliphatic carbocycles. The fraction of sp³-hybridized carbons (Fsp3) is 0.880. The lowest BCUT2D eigenvalue weighted by Crippen LogP contribution is -2.53. The van der Waals surface area contributed by atoms with E-state index in [9.17, 15) is 0 Å². The molecule has 0 aromatic heterocycles. The molecule has 17 rings (SSSR count). The highest BCUT2D eigenvalue weighted by molar-refractivity contribution is 5.34. The van der Waals surface area contributed by atoms with E-state index in [1.807, 2.05) is 11.1 Å². The summed E-state index contributed by atoms with van der Waals surface area (Å²) in [4.78, 5) is 13.0. The van der Waals surface area contributed by atoms with E-state index in [1.54, 1.807) is 68.9 Å². The van der Waals surface area contributed by atoms with E-state index in [4.69, 9.17) is 0 Å². The molecule has 0 aromatic rings. The Morgan fingerprint density at radius 3 is 1.01 bits per heavy atom. The lowest BCUT2D eigenvalue weighted by molar-refractivity contribution is -0.00959. The summed E-state index contributed by atoms with van der Waals surface area (Å²) in [5.74, 6) is 11.8. The third-order valence-corrected chi connectivity index (χ3v) is 36.0. The van der Waals surface area contributed by atoms with Gasteiger partial charge in [-0.25, -0.2) is 0 Å². The molecular weight excluding hydrogens is 1260 g/mol. The number of allylic oxidation sites excluding steroid dienone is 8. The minimum atomic E-state index is 0.731. The summed E-state index contributed by atoms with van der Waals surface area (Å²) in [7, 11) is 0. The van der Waals surface area contributed by atoms with E-state index in [-0.39, 0.29) is 0 Å². The van der Waals surface area contributed by atoms with E-state index in [0.717, 1.165) is 144 Å². The van der Waals surface area contributed by atoms with Crippen LogP contribution in [0.15, 0.2) is 70.9 Å². The van der Waals surface area contributed by atoms with Gasteiger partial charge in [0.2, 0.25) is 0 Å². The minimum Gasteiger partial charge on any atom is -0.294 e. The van der Waals surface area contributed by atoms with Crippen LogP contribution in [0.25, 0.3) is 0 Å². The van der Waals surface area contributed by atoms with Crippen LogP contribution >= 0.6 is 0 Å². The lowest BCUT2D eigenvalue weighted by Gasteiger charge is -2.51. The second-order valence-electron chi connectivity index (χ2n) is 41.2. The largest absolute Gasteiger partial charge is 0.294 e. The Balaban J connectivity index is 0.510. The molecular formula is C100H160N4. The van der Waals surface area contributed by atoms with Gasteiger partial charge in [-0.15, -0.1) is 0 Å². The van der Waals surface area contributed by atoms with Gasteiger partial charge in [0.15, 0.2) is 0 Å². The average Bonchev–Trinajstić information content (AvgIpc) is 0.880. The summed E-state index contributed by atoms with van der Waals surface area (Å²) in [5, 5.41) is 0. The molecule has 0 spiro atoms. The first-order valence-electron chi connectivity index (χ1n) is 48.7. The second-order valence-corrected chi connectivity index (χ2v) is 41.2. The van der Waals surface area contributed by atoms with E-state index in [1.165, 1.54) is 353 Å². The van der Waals surface area contributed by atoms with Gasteiger partial charge in [0.25, 0.3) is 0 Å². The van der Waals surface area contributed by atoms with E-state index in [2.05, 4.69) is 68.2 Å². The summed E-state index contributed by atoms with van der Waals surface area (Å²) < 4.78 is 0. The summed E-state index contributed by atoms with van der Waals surface area (Å²) >= 11 is 0. The van der Waals surface area contributed by atoms with Crippen LogP contribution in [-0.4, -0.2) is 92.1 Å². The third kappa shape index (κ3) is 17.9. The van der Waals surface area contributed by atoms with Crippen molar-refractivity contribution in [2.45, 2.75) is 483 Å². The molecule has 0 N–H and O–H groups in total. The predicted molar refractivity (Wildman–Crippen MR) is 441 cm³/mol. The van der Waals surface area contributed by atoms with Crippen LogP contribution in [0.1, 0.15) is 411 Å². The molecule has 0 bridgehead atoms. The van der Waals surface area contributed by atoms with E-state index in [0.29, 0.717) is 0 Å². The van der Waals surface area contributed by atoms with Gasteiger partial charge < -0.3 is 0 Å². The van der Waals surface area contributed by atoms with Gasteiger partial charge in [0.05, 0.1) is 0 Å². The zero-order chi connectivity index (χ0) is 69.4. The molecule has 0 amide bonds. The first kappa shape index (κ1) is 75.0. The standard InChI is InChI=1S/C100H160N4/c1-6-19-73(20-7-1)78-41-57-93(58-42-78)103(94-63-47-81(48-64-94)76-37-33-74(34-38-76)79-43-59-91(60-44-79)101(87-23-8-2-9-24-87)88-25-10-3-11-26-88)95-67-51-83(52-68-95)84-53-69-97(70-54-84)104(98-71-55-86(56-72-98)100-32-18-22-85-21-16-17-31-99(85)100)96-65-49-82(50-66-96)77-39-35-75(36-40-77)80-45-61-92(62-46-80)102(89-27-12-4-13-28-89)90-29-14-5-15-30-90/h8,12,23,27,37,39,49,55,73-75,78-81,83-85,87-100H,1-7,9-11,13-22,24-26,28-36,38,40-48,50-54,56-72H2. The Morgan fingerprint density at radius 2 is 0.567 bits per heavy atom. The van der Waals surface area contributed by atoms with Crippen LogP contribution in [0.5, 0.6) is 0 Å². The van der Waals surface area contributed by atoms with Gasteiger partial charge in [0, 0.05) is 72.5 Å². The summed E-state index contributed by atoms with van der Waals surface area (Å²) in [6.45, 7) is 0. The summed E-state index contributed by atoms with van der Waals surface area (Å²) in [6.07, 6.45) is 117. The third-order valence-electron chi connectivity index (χ3n) is 36.0. The summed E-state index contributed by atoms with van der Waals surface area (Å²) in [5.41, 5.74) is 7.48. The monoisotopic (exact) mass is 1420 g/mol. The van der Waals surface area contributed by atoms with Gasteiger partial charge in [-0.1, -0.05) is 162 Å². The Bertz CT molecular complexity index is 2800. The average molecular weight is 1420 g/mol. The van der Waals surface area contributed by atoms with Crippen molar-refractivity contribution in [1.29, 1.82) is 0 Å². The molecule has 0 aliphatic heterocycles. The smallest absolute Gasteiger partial charge is 0.0284 e. The molecule has 0 heterocycles. The fourth-order valence-electron chi connectivity index (χ4n) is 30.5. The number of rotatable bonds is 19. The van der Waals surface area contributed by atoms with Crippen molar-refractivity contribution in [3.05, 3.63) is 70.9 Å². The number of hydrogen-bond acceptors (Lipinski definition) is 4. The zero-order valence-corrected chi connectivity index (χ0v) is 67.5. The highest BCUT2D eigenvalue weighted by Crippen LogP contribution is 2.53. The summed E-state index contributed by atoms with van der Waals surface area (Å²) in [6, 6.07) is 9.84. The van der Waals surface area contributed by atoms with Crippen molar-refractivity contribution in [3.8, 4) is 0 Å². The molecule has 4 heteroatoms. The van der Waals surface area contributed by atoms with Gasteiger partial charge in [-0.3, -0.25) is 19.6 Å². The Hall–Kier alpha value is -1.72. The molecule has 9 unspecified atom stereocenters. The number of hydrogen-bond donors (Lipinski definition) is 0. The van der Waals surface area contributed by atoms with Crippen molar-refractivity contribution in [3.63, 3.8) is 0 Å². The first-order valence-corrected chi connectivity index (χ1v) is 48.7. The number of nitrogens with zero attached hydrogens (tertiary/aromatic N) is 4. The SMILES string of the molecule is C1=CC(N(C2CCCCC2)C2CCC(C3CC=C(C4=CCC(N(C5CC=C(C6CCCC7CCCCC76)CC5)C5CCC(C6CCC(N(C7CCC(C8=CCC(C9CCC(N(C%10C=CCCC%10)C%10CCCCC%10)CC9)CC8)CC7)C7CCC(C8CCCCC8)CC7)CC6)CC5)CC4)CC3)CC2)CCC1. The van der Waals surface area contributed by atoms with Crippen LogP contribution in [-0.2, 0) is 0 Å². The van der Waals surface area contributed by atoms with Gasteiger partial charge in [-0.2, -0.15) is 0 Å². The van der Waals surface area contributed by atoms with Crippen molar-refractivity contribution in [2.75, 3.05) is 0 Å². The Morgan fingerprint density at radius 1 is 0.212 bits per heavy atom. The quantitative estimate of drug-likeness (QED) is 0.120. The van der Waals surface area contributed by atoms with Crippen LogP contribution in [0.4, 0.5) is 0 Å². The second kappa shape index (κ2) is 36.8. The van der Waals surface area contributed by atoms with Crippen molar-refractivity contribution < 1.29 is 0 Å². The molecule has 104 heavy (non-hydrogen) atoms. The maximum Gasteiger partial charge on any atom is 0.0284 e. The molecule has 11 saturated carbocycles. The van der Waals surface area contributed by atoms with Crippen LogP contribution in [0, 0.1) is 71.0 Å². The van der Waals surface area contributed by atoms with Crippen molar-refractivity contribution in [2.24, 2.45) is 71.0 Å². The van der Waals surface area contributed by atoms with Crippen LogP contribution in [0.2, 0.25) is 0 Å². The molecule has 580 valence electrons. The minimum absolute atomic E-state index is 0.731. The van der Waals surface area contributed by atoms with Gasteiger partial charge in [0.1, 0.15) is 0 Å². The van der Waals surface area contributed by atoms with Crippen molar-refractivity contribution >= 4 is 0 Å². The lowest BCUT2D eigenvalue weighted by atomic mass is 9.62. The predicted octanol–water partition coefficient (Wildman–Crippen LogP) is 27.0. The molecule has 11 fully saturated rings. The number of fused-ring (bicyclic) bond motifs is 1. The van der Waals surface area contributed by atoms with E-state index < -0.39 is 0 Å². The molecule has 0 radical (unpaired) electrons. The van der Waals surface area contributed by atoms with Crippen molar-refractivity contribution in [1.82, 2.24) is 19.6 Å².